The summed E-state index contributed by atoms with van der Waals surface area (Å²) in [7, 11) is 0. The highest BCUT2D eigenvalue weighted by atomic mass is 35.5. The maximum absolute atomic E-state index is 12.1. The number of carbonyl (C=O) groups excluding carboxylic acids is 2. The highest BCUT2D eigenvalue weighted by molar-refractivity contribution is 8.00. The van der Waals surface area contributed by atoms with E-state index in [0.717, 1.165) is 5.56 Å². The number of nitrogens with one attached hydrogen (secondary N) is 2. The molecule has 0 bridgehead atoms. The van der Waals surface area contributed by atoms with E-state index < -0.39 is 10.2 Å². The number of nitro groups is 1. The van der Waals surface area contributed by atoms with Crippen molar-refractivity contribution in [1.82, 2.24) is 10.9 Å². The molecule has 2 aromatic carbocycles. The number of benzene rings is 2. The molecule has 0 radical (unpaired) electrons. The van der Waals surface area contributed by atoms with Gasteiger partial charge < -0.3 is 0 Å². The van der Waals surface area contributed by atoms with Gasteiger partial charge in [0.05, 0.1) is 16.6 Å². The van der Waals surface area contributed by atoms with E-state index in [-0.39, 0.29) is 23.9 Å². The first-order valence-electron chi connectivity index (χ1n) is 7.59. The molecule has 7 nitrogen and oxygen atoms in total. The molecule has 0 saturated heterocycles. The van der Waals surface area contributed by atoms with Gasteiger partial charge in [0.1, 0.15) is 0 Å². The van der Waals surface area contributed by atoms with E-state index >= 15 is 0 Å². The highest BCUT2D eigenvalue weighted by Crippen LogP contribution is 2.25. The van der Waals surface area contributed by atoms with Crippen LogP contribution in [-0.2, 0) is 16.0 Å². The summed E-state index contributed by atoms with van der Waals surface area (Å²) in [6, 6.07) is 12.7. The Balaban J connectivity index is 1.79. The topological polar surface area (TPSA) is 101 Å². The highest BCUT2D eigenvalue weighted by Gasteiger charge is 2.16. The van der Waals surface area contributed by atoms with Gasteiger partial charge in [-0.25, -0.2) is 0 Å². The van der Waals surface area contributed by atoms with Gasteiger partial charge in [-0.15, -0.1) is 11.8 Å². The first kappa shape index (κ1) is 19.7. The van der Waals surface area contributed by atoms with E-state index in [4.69, 9.17) is 11.6 Å². The lowest BCUT2D eigenvalue weighted by atomic mass is 10.1. The zero-order chi connectivity index (χ0) is 19.1. The first-order chi connectivity index (χ1) is 12.3. The smallest absolute Gasteiger partial charge is 0.269 e. The number of carbonyl (C=O) groups is 2. The monoisotopic (exact) mass is 393 g/mol. The summed E-state index contributed by atoms with van der Waals surface area (Å²) in [5.74, 6) is -0.731. The lowest BCUT2D eigenvalue weighted by Crippen LogP contribution is -2.45. The van der Waals surface area contributed by atoms with Gasteiger partial charge in [0.25, 0.3) is 11.6 Å². The second kappa shape index (κ2) is 9.21. The van der Waals surface area contributed by atoms with Crippen molar-refractivity contribution in [3.8, 4) is 0 Å². The second-order valence-electron chi connectivity index (χ2n) is 5.35. The molecule has 1 atom stereocenters. The Morgan fingerprint density at radius 3 is 2.31 bits per heavy atom. The number of halogens is 1. The number of nitrogens with zero attached hydrogens (tertiary/aromatic N) is 1. The molecule has 2 rings (SSSR count). The molecular weight excluding hydrogens is 378 g/mol. The lowest BCUT2D eigenvalue weighted by molar-refractivity contribution is -0.384. The maximum Gasteiger partial charge on any atom is 0.269 e. The van der Waals surface area contributed by atoms with Crippen molar-refractivity contribution in [3.05, 3.63) is 69.2 Å². The van der Waals surface area contributed by atoms with Crippen LogP contribution in [0.5, 0.6) is 0 Å². The van der Waals surface area contributed by atoms with Crippen LogP contribution in [0.4, 0.5) is 5.69 Å². The normalized spacial score (nSPS) is 11.5. The van der Waals surface area contributed by atoms with Gasteiger partial charge in [-0.3, -0.25) is 30.6 Å². The second-order valence-corrected chi connectivity index (χ2v) is 7.20. The molecule has 0 spiro atoms. The van der Waals surface area contributed by atoms with Gasteiger partial charge in [-0.2, -0.15) is 0 Å². The number of hydrogen-bond donors (Lipinski definition) is 2. The van der Waals surface area contributed by atoms with Gasteiger partial charge in [-0.05, 0) is 36.8 Å². The zero-order valence-corrected chi connectivity index (χ0v) is 15.3. The summed E-state index contributed by atoms with van der Waals surface area (Å²) >= 11 is 7.01. The Morgan fingerprint density at radius 2 is 1.73 bits per heavy atom. The summed E-state index contributed by atoms with van der Waals surface area (Å²) in [5, 5.41) is 10.7. The fourth-order valence-electron chi connectivity index (χ4n) is 1.97. The lowest BCUT2D eigenvalue weighted by Gasteiger charge is -2.12. The minimum absolute atomic E-state index is 0.0130. The predicted molar refractivity (Wildman–Crippen MR) is 99.9 cm³/mol. The van der Waals surface area contributed by atoms with E-state index in [0.29, 0.717) is 9.92 Å². The van der Waals surface area contributed by atoms with Crippen LogP contribution in [0.3, 0.4) is 0 Å². The molecule has 2 N–H and O–H groups in total. The number of hydrazine groups is 1. The number of hydrogen-bond acceptors (Lipinski definition) is 5. The van der Waals surface area contributed by atoms with Gasteiger partial charge in [-0.1, -0.05) is 23.7 Å². The molecule has 0 aliphatic carbocycles. The molecule has 136 valence electrons. The fraction of sp³-hybridized carbons (Fsp3) is 0.176. The van der Waals surface area contributed by atoms with Crippen molar-refractivity contribution in [1.29, 1.82) is 0 Å². The maximum atomic E-state index is 12.1. The van der Waals surface area contributed by atoms with Crippen LogP contribution in [0.1, 0.15) is 12.5 Å². The van der Waals surface area contributed by atoms with Crippen LogP contribution in [0.25, 0.3) is 0 Å². The minimum Gasteiger partial charge on any atom is -0.273 e. The van der Waals surface area contributed by atoms with Crippen LogP contribution in [0, 0.1) is 10.1 Å². The number of non-ortho nitro benzene ring substituents is 1. The third kappa shape index (κ3) is 6.05. The molecule has 9 heteroatoms. The van der Waals surface area contributed by atoms with Crippen molar-refractivity contribution >= 4 is 40.9 Å². The van der Waals surface area contributed by atoms with E-state index in [1.54, 1.807) is 43.3 Å². The van der Waals surface area contributed by atoms with Crippen molar-refractivity contribution in [2.75, 3.05) is 0 Å². The summed E-state index contributed by atoms with van der Waals surface area (Å²) < 4.78 is 0. The Kier molecular flexibility index (Phi) is 6.99. The Morgan fingerprint density at radius 1 is 1.12 bits per heavy atom. The SMILES string of the molecule is CC(Sc1ccc([N+](=O)[O-])cc1)C(=O)NNC(=O)Cc1ccc(Cl)cc1. The standard InChI is InChI=1S/C17H16ClN3O4S/c1-11(26-15-8-6-14(7-9-15)21(24)25)17(23)20-19-16(22)10-12-2-4-13(18)5-3-12/h2-9,11H,10H2,1H3,(H,19,22)(H,20,23). The Bertz CT molecular complexity index is 797. The molecule has 26 heavy (non-hydrogen) atoms. The third-order valence-corrected chi connectivity index (χ3v) is 4.70. The average molecular weight is 394 g/mol. The zero-order valence-electron chi connectivity index (χ0n) is 13.8. The fourth-order valence-corrected chi connectivity index (χ4v) is 2.96. The molecule has 0 fully saturated rings. The van der Waals surface area contributed by atoms with Crippen molar-refractivity contribution in [2.45, 2.75) is 23.5 Å². The van der Waals surface area contributed by atoms with Crippen LogP contribution < -0.4 is 10.9 Å². The first-order valence-corrected chi connectivity index (χ1v) is 8.85. The largest absolute Gasteiger partial charge is 0.273 e. The summed E-state index contributed by atoms with van der Waals surface area (Å²) in [4.78, 5) is 34.8. The summed E-state index contributed by atoms with van der Waals surface area (Å²) in [6.45, 7) is 1.67. The number of thioether (sulfide) groups is 1. The number of amides is 2. The number of nitro benzene ring substituents is 1. The molecular formula is C17H16ClN3O4S. The quantitative estimate of drug-likeness (QED) is 0.446. The van der Waals surface area contributed by atoms with E-state index in [2.05, 4.69) is 10.9 Å². The Labute approximate surface area is 159 Å². The van der Waals surface area contributed by atoms with Crippen LogP contribution >= 0.6 is 23.4 Å². The average Bonchev–Trinajstić information content (AvgIpc) is 2.62. The molecule has 1 unspecified atom stereocenters. The van der Waals surface area contributed by atoms with Gasteiger partial charge in [0.2, 0.25) is 5.91 Å². The molecule has 2 amide bonds. The molecule has 0 aliphatic heterocycles. The van der Waals surface area contributed by atoms with Crippen molar-refractivity contribution < 1.29 is 14.5 Å². The predicted octanol–water partition coefficient (Wildman–Crippen LogP) is 3.12. The summed E-state index contributed by atoms with van der Waals surface area (Å²) in [6.07, 6.45) is 0.112. The molecule has 2 aromatic rings. The van der Waals surface area contributed by atoms with Gasteiger partial charge >= 0.3 is 0 Å². The van der Waals surface area contributed by atoms with Gasteiger partial charge in [0, 0.05) is 22.1 Å². The molecule has 0 aliphatic rings. The van der Waals surface area contributed by atoms with Gasteiger partial charge in [0.15, 0.2) is 0 Å². The van der Waals surface area contributed by atoms with Crippen LogP contribution in [-0.4, -0.2) is 22.0 Å². The van der Waals surface area contributed by atoms with Crippen LogP contribution in [0.2, 0.25) is 5.02 Å². The van der Waals surface area contributed by atoms with Crippen molar-refractivity contribution in [3.63, 3.8) is 0 Å². The van der Waals surface area contributed by atoms with Crippen LogP contribution in [0.15, 0.2) is 53.4 Å². The van der Waals surface area contributed by atoms with Crippen molar-refractivity contribution in [2.24, 2.45) is 0 Å². The molecule has 0 saturated carbocycles. The third-order valence-electron chi connectivity index (χ3n) is 3.33. The Hall–Kier alpha value is -2.58. The van der Waals surface area contributed by atoms with E-state index in [1.807, 2.05) is 0 Å². The number of rotatable bonds is 6. The van der Waals surface area contributed by atoms with E-state index in [1.165, 1.54) is 23.9 Å². The molecule has 0 heterocycles. The summed E-state index contributed by atoms with van der Waals surface area (Å²) in [5.41, 5.74) is 5.49. The van der Waals surface area contributed by atoms with E-state index in [9.17, 15) is 19.7 Å². The molecule has 0 aromatic heterocycles. The minimum atomic E-state index is -0.493.